The average molecular weight is 671 g/mol. The van der Waals surface area contributed by atoms with Crippen LogP contribution in [0.1, 0.15) is 27.8 Å². The fraction of sp³-hybridized carbons (Fsp3) is 0.258. The van der Waals surface area contributed by atoms with Gasteiger partial charge in [-0.1, -0.05) is 92.5 Å². The van der Waals surface area contributed by atoms with Crippen LogP contribution in [0.5, 0.6) is 5.75 Å². The molecule has 0 fully saturated rings. The summed E-state index contributed by atoms with van der Waals surface area (Å²) in [6, 6.07) is 20.9. The Bertz CT molecular complexity index is 1540. The number of benzene rings is 3. The maximum absolute atomic E-state index is 13.7. The standard InChI is InChI=1S/C31H29Br2NO6/c1-19-13-27(35)39-29-20(2)28(23(16-25(19)29)15-24(33)17-32)40-30(36)26(14-21-9-5-3-6-10-21)34-31(37)38-18-22-11-7-4-8-12-22/h3-13,16,24,26H,14-15,17-18H2,1-2H3,(H,34,37)/t24?,26-/m1/s1. The zero-order valence-electron chi connectivity index (χ0n) is 22.1. The summed E-state index contributed by atoms with van der Waals surface area (Å²) >= 11 is 7.12. The molecule has 0 spiro atoms. The second kappa shape index (κ2) is 13.8. The maximum atomic E-state index is 13.7. The van der Waals surface area contributed by atoms with Gasteiger partial charge in [-0.15, -0.1) is 0 Å². The Balaban J connectivity index is 1.64. The van der Waals surface area contributed by atoms with Crippen molar-refractivity contribution in [1.82, 2.24) is 5.32 Å². The summed E-state index contributed by atoms with van der Waals surface area (Å²) in [6.45, 7) is 3.65. The number of halogens is 2. The van der Waals surface area contributed by atoms with Gasteiger partial charge < -0.3 is 19.2 Å². The van der Waals surface area contributed by atoms with Gasteiger partial charge in [0.1, 0.15) is 24.0 Å². The number of fused-ring (bicyclic) bond motifs is 1. The van der Waals surface area contributed by atoms with Gasteiger partial charge in [0.25, 0.3) is 0 Å². The highest BCUT2D eigenvalue weighted by molar-refractivity contribution is 9.12. The molecule has 0 aliphatic carbocycles. The number of rotatable bonds is 10. The zero-order chi connectivity index (χ0) is 28.6. The molecule has 0 saturated heterocycles. The second-order valence-corrected chi connectivity index (χ2v) is 11.4. The number of ether oxygens (including phenoxy) is 2. The Kier molecular flexibility index (Phi) is 10.2. The van der Waals surface area contributed by atoms with E-state index >= 15 is 0 Å². The predicted molar refractivity (Wildman–Crippen MR) is 162 cm³/mol. The third-order valence-corrected chi connectivity index (χ3v) is 8.68. The van der Waals surface area contributed by atoms with E-state index in [2.05, 4.69) is 37.2 Å². The number of hydrogen-bond donors (Lipinski definition) is 1. The number of hydrogen-bond acceptors (Lipinski definition) is 6. The highest BCUT2D eigenvalue weighted by Crippen LogP contribution is 2.34. The van der Waals surface area contributed by atoms with Gasteiger partial charge in [-0.25, -0.2) is 14.4 Å². The molecule has 0 bridgehead atoms. The van der Waals surface area contributed by atoms with E-state index < -0.39 is 23.7 Å². The number of carbonyl (C=O) groups is 2. The first-order chi connectivity index (χ1) is 19.2. The van der Waals surface area contributed by atoms with E-state index in [-0.39, 0.29) is 17.9 Å². The van der Waals surface area contributed by atoms with E-state index in [4.69, 9.17) is 13.9 Å². The summed E-state index contributed by atoms with van der Waals surface area (Å²) in [5.41, 5.74) is 3.60. The molecule has 4 aromatic rings. The van der Waals surface area contributed by atoms with Crippen molar-refractivity contribution >= 4 is 54.9 Å². The molecule has 1 amide bonds. The van der Waals surface area contributed by atoms with Crippen molar-refractivity contribution in [3.8, 4) is 5.75 Å². The van der Waals surface area contributed by atoms with E-state index in [1.165, 1.54) is 6.07 Å². The minimum atomic E-state index is -1.03. The van der Waals surface area contributed by atoms with Gasteiger partial charge in [-0.3, -0.25) is 0 Å². The quantitative estimate of drug-likeness (QED) is 0.0890. The molecule has 1 unspecified atom stereocenters. The van der Waals surface area contributed by atoms with Crippen molar-refractivity contribution in [3.63, 3.8) is 0 Å². The summed E-state index contributed by atoms with van der Waals surface area (Å²) in [5.74, 6) is -0.363. The van der Waals surface area contributed by atoms with Crippen molar-refractivity contribution in [2.24, 2.45) is 0 Å². The predicted octanol–water partition coefficient (Wildman–Crippen LogP) is 6.55. The SMILES string of the molecule is Cc1cc(=O)oc2c(C)c(OC(=O)[C@@H](Cc3ccccc3)NC(=O)OCc3ccccc3)c(CC(Br)CBr)cc12. The van der Waals surface area contributed by atoms with Crippen molar-refractivity contribution in [2.75, 3.05) is 5.33 Å². The maximum Gasteiger partial charge on any atom is 0.408 e. The summed E-state index contributed by atoms with van der Waals surface area (Å²) in [7, 11) is 0. The van der Waals surface area contributed by atoms with E-state index in [0.717, 1.165) is 27.6 Å². The number of amides is 1. The lowest BCUT2D eigenvalue weighted by atomic mass is 9.99. The van der Waals surface area contributed by atoms with Crippen LogP contribution >= 0.6 is 31.9 Å². The molecule has 9 heteroatoms. The number of nitrogens with one attached hydrogen (secondary N) is 1. The second-order valence-electron chi connectivity index (χ2n) is 9.44. The van der Waals surface area contributed by atoms with Gasteiger partial charge in [0, 0.05) is 33.6 Å². The monoisotopic (exact) mass is 669 g/mol. The average Bonchev–Trinajstić information content (AvgIpc) is 2.95. The molecule has 3 aromatic carbocycles. The minimum Gasteiger partial charge on any atom is -0.445 e. The molecule has 4 rings (SSSR count). The molecular formula is C31H29Br2NO6. The lowest BCUT2D eigenvalue weighted by Gasteiger charge is -2.21. The first kappa shape index (κ1) is 29.6. The first-order valence-corrected chi connectivity index (χ1v) is 14.8. The lowest BCUT2D eigenvalue weighted by molar-refractivity contribution is -0.136. The van der Waals surface area contributed by atoms with Gasteiger partial charge in [0.05, 0.1) is 0 Å². The highest BCUT2D eigenvalue weighted by atomic mass is 79.9. The smallest absolute Gasteiger partial charge is 0.408 e. The van der Waals surface area contributed by atoms with Crippen molar-refractivity contribution in [1.29, 1.82) is 0 Å². The number of aryl methyl sites for hydroxylation is 2. The van der Waals surface area contributed by atoms with E-state index in [0.29, 0.717) is 28.6 Å². The highest BCUT2D eigenvalue weighted by Gasteiger charge is 2.27. The summed E-state index contributed by atoms with van der Waals surface area (Å²) in [4.78, 5) is 38.6. The van der Waals surface area contributed by atoms with Crippen molar-refractivity contribution in [3.05, 3.63) is 111 Å². The molecule has 0 aliphatic rings. The molecule has 7 nitrogen and oxygen atoms in total. The van der Waals surface area contributed by atoms with Crippen LogP contribution in [-0.4, -0.2) is 28.3 Å². The van der Waals surface area contributed by atoms with Crippen molar-refractivity contribution < 1.29 is 23.5 Å². The van der Waals surface area contributed by atoms with Crippen LogP contribution in [0, 0.1) is 13.8 Å². The molecule has 1 N–H and O–H groups in total. The molecule has 2 atom stereocenters. The van der Waals surface area contributed by atoms with Crippen molar-refractivity contribution in [2.45, 2.75) is 44.2 Å². The van der Waals surface area contributed by atoms with Crippen LogP contribution in [0.15, 0.2) is 82.0 Å². The summed E-state index contributed by atoms with van der Waals surface area (Å²) in [6.07, 6.45) is -0.00342. The first-order valence-electron chi connectivity index (χ1n) is 12.7. The molecule has 0 radical (unpaired) electrons. The van der Waals surface area contributed by atoms with Crippen LogP contribution in [0.25, 0.3) is 11.0 Å². The Hall–Kier alpha value is -3.43. The normalized spacial score (nSPS) is 12.5. The number of carbonyl (C=O) groups excluding carboxylic acids is 2. The molecule has 40 heavy (non-hydrogen) atoms. The van der Waals surface area contributed by atoms with Gasteiger partial charge in [0.15, 0.2) is 0 Å². The fourth-order valence-electron chi connectivity index (χ4n) is 4.37. The Morgan fingerprint density at radius 1 is 0.950 bits per heavy atom. The zero-order valence-corrected chi connectivity index (χ0v) is 25.3. The van der Waals surface area contributed by atoms with E-state index in [9.17, 15) is 14.4 Å². The van der Waals surface area contributed by atoms with Gasteiger partial charge in [-0.2, -0.15) is 0 Å². The molecule has 1 heterocycles. The molecule has 0 aliphatic heterocycles. The Morgan fingerprint density at radius 2 is 1.60 bits per heavy atom. The molecule has 0 saturated carbocycles. The summed E-state index contributed by atoms with van der Waals surface area (Å²) in [5, 5.41) is 4.12. The number of alkyl halides is 2. The largest absolute Gasteiger partial charge is 0.445 e. The van der Waals surface area contributed by atoms with E-state index in [1.54, 1.807) is 6.92 Å². The summed E-state index contributed by atoms with van der Waals surface area (Å²) < 4.78 is 16.9. The third-order valence-electron chi connectivity index (χ3n) is 6.38. The van der Waals surface area contributed by atoms with Gasteiger partial charge >= 0.3 is 17.7 Å². The van der Waals surface area contributed by atoms with Gasteiger partial charge in [0.2, 0.25) is 0 Å². The topological polar surface area (TPSA) is 94.8 Å². The number of esters is 1. The van der Waals surface area contributed by atoms with Gasteiger partial charge in [-0.05, 0) is 48.6 Å². The molecule has 208 valence electrons. The van der Waals surface area contributed by atoms with Crippen LogP contribution in [-0.2, 0) is 29.0 Å². The van der Waals surface area contributed by atoms with E-state index in [1.807, 2.05) is 73.7 Å². The van der Waals surface area contributed by atoms with Crippen LogP contribution in [0.4, 0.5) is 4.79 Å². The van der Waals surface area contributed by atoms with Crippen LogP contribution in [0.3, 0.4) is 0 Å². The lowest BCUT2D eigenvalue weighted by Crippen LogP contribution is -2.44. The minimum absolute atomic E-state index is 0.0593. The Labute approximate surface area is 249 Å². The third kappa shape index (κ3) is 7.61. The molecule has 1 aromatic heterocycles. The Morgan fingerprint density at radius 3 is 2.25 bits per heavy atom. The van der Waals surface area contributed by atoms with Crippen LogP contribution < -0.4 is 15.7 Å². The molecular weight excluding hydrogens is 642 g/mol. The fourth-order valence-corrected chi connectivity index (χ4v) is 4.95. The van der Waals surface area contributed by atoms with Crippen LogP contribution in [0.2, 0.25) is 0 Å². The number of alkyl carbamates (subject to hydrolysis) is 1.